The number of rotatable bonds is 4. The summed E-state index contributed by atoms with van der Waals surface area (Å²) in [6.45, 7) is 1.28. The van der Waals surface area contributed by atoms with Gasteiger partial charge in [0.05, 0.1) is 0 Å². The van der Waals surface area contributed by atoms with Crippen LogP contribution >= 0.6 is 23.7 Å². The van der Waals surface area contributed by atoms with Crippen LogP contribution in [0.25, 0.3) is 0 Å². The Morgan fingerprint density at radius 3 is 2.73 bits per heavy atom. The molecule has 0 saturated carbocycles. The van der Waals surface area contributed by atoms with Gasteiger partial charge in [0.2, 0.25) is 0 Å². The van der Waals surface area contributed by atoms with Gasteiger partial charge in [0.1, 0.15) is 16.5 Å². The quantitative estimate of drug-likeness (QED) is 0.733. The number of carbonyl (C=O) groups excluding carboxylic acids is 2. The van der Waals surface area contributed by atoms with Crippen LogP contribution in [0, 0.1) is 5.82 Å². The molecule has 140 valence electrons. The highest BCUT2D eigenvalue weighted by Gasteiger charge is 2.29. The number of hydrogen-bond donors (Lipinski definition) is 3. The lowest BCUT2D eigenvalue weighted by atomic mass is 10.3. The molecule has 2 heterocycles. The van der Waals surface area contributed by atoms with Crippen LogP contribution in [0.5, 0.6) is 0 Å². The number of amides is 3. The van der Waals surface area contributed by atoms with Gasteiger partial charge < -0.3 is 21.3 Å². The predicted molar refractivity (Wildman–Crippen MR) is 100 cm³/mol. The van der Waals surface area contributed by atoms with Crippen molar-refractivity contribution in [2.45, 2.75) is 19.0 Å². The molecule has 1 aromatic heterocycles. The molecule has 0 radical (unpaired) electrons. The van der Waals surface area contributed by atoms with Gasteiger partial charge in [-0.05, 0) is 30.7 Å². The molecule has 7 nitrogen and oxygen atoms in total. The maximum Gasteiger partial charge on any atom is 0.319 e. The average Bonchev–Trinajstić information content (AvgIpc) is 3.25. The Morgan fingerprint density at radius 2 is 2.08 bits per heavy atom. The summed E-state index contributed by atoms with van der Waals surface area (Å²) < 4.78 is 12.9. The normalized spacial score (nSPS) is 16.1. The number of halogens is 2. The van der Waals surface area contributed by atoms with E-state index in [-0.39, 0.29) is 36.2 Å². The maximum atomic E-state index is 12.9. The number of hydrogen-bond acceptors (Lipinski definition) is 5. The molecule has 0 spiro atoms. The van der Waals surface area contributed by atoms with E-state index in [2.05, 4.69) is 15.6 Å². The van der Waals surface area contributed by atoms with Gasteiger partial charge in [0.15, 0.2) is 0 Å². The smallest absolute Gasteiger partial charge is 0.319 e. The Balaban J connectivity index is 0.00000243. The van der Waals surface area contributed by atoms with Gasteiger partial charge in [-0.2, -0.15) is 0 Å². The molecule has 1 unspecified atom stereocenters. The fourth-order valence-electron chi connectivity index (χ4n) is 2.61. The van der Waals surface area contributed by atoms with Crippen LogP contribution in [-0.4, -0.2) is 41.0 Å². The third-order valence-electron chi connectivity index (χ3n) is 3.86. The Morgan fingerprint density at radius 1 is 1.35 bits per heavy atom. The Bertz CT molecular complexity index is 770. The fourth-order valence-corrected chi connectivity index (χ4v) is 3.26. The second kappa shape index (κ2) is 8.93. The number of urea groups is 1. The topological polar surface area (TPSA) is 100 Å². The molecule has 4 N–H and O–H groups in total. The lowest BCUT2D eigenvalue weighted by molar-refractivity contribution is 0.0784. The van der Waals surface area contributed by atoms with Crippen molar-refractivity contribution in [1.82, 2.24) is 15.2 Å². The van der Waals surface area contributed by atoms with Crippen molar-refractivity contribution < 1.29 is 14.0 Å². The molecule has 1 aliphatic heterocycles. The largest absolute Gasteiger partial charge is 0.335 e. The van der Waals surface area contributed by atoms with Gasteiger partial charge in [-0.3, -0.25) is 4.79 Å². The molecule has 0 bridgehead atoms. The van der Waals surface area contributed by atoms with E-state index in [1.165, 1.54) is 35.6 Å². The van der Waals surface area contributed by atoms with Crippen LogP contribution in [-0.2, 0) is 6.54 Å². The lowest BCUT2D eigenvalue weighted by Crippen LogP contribution is -2.40. The van der Waals surface area contributed by atoms with E-state index in [9.17, 15) is 14.0 Å². The molecule has 1 atom stereocenters. The molecule has 26 heavy (non-hydrogen) atoms. The number of nitrogens with one attached hydrogen (secondary N) is 2. The van der Waals surface area contributed by atoms with Crippen LogP contribution in [0.3, 0.4) is 0 Å². The first-order valence-electron chi connectivity index (χ1n) is 7.82. The Kier molecular flexibility index (Phi) is 6.90. The molecule has 3 amide bonds. The number of anilines is 1. The number of nitrogens with two attached hydrogens (primary N) is 1. The van der Waals surface area contributed by atoms with Gasteiger partial charge in [-0.25, -0.2) is 14.2 Å². The summed E-state index contributed by atoms with van der Waals surface area (Å²) in [5, 5.41) is 7.88. The maximum absolute atomic E-state index is 12.9. The van der Waals surface area contributed by atoms with E-state index in [1.807, 2.05) is 0 Å². The zero-order valence-electron chi connectivity index (χ0n) is 13.8. The monoisotopic (exact) mass is 399 g/mol. The number of likely N-dealkylation sites (tertiary alicyclic amines) is 1. The van der Waals surface area contributed by atoms with Gasteiger partial charge in [-0.15, -0.1) is 23.7 Å². The highest BCUT2D eigenvalue weighted by Crippen LogP contribution is 2.16. The zero-order chi connectivity index (χ0) is 17.8. The second-order valence-electron chi connectivity index (χ2n) is 5.67. The summed E-state index contributed by atoms with van der Waals surface area (Å²) >= 11 is 1.36. The van der Waals surface area contributed by atoms with Crippen LogP contribution in [0.1, 0.15) is 21.9 Å². The molecule has 1 aromatic carbocycles. The number of aromatic nitrogens is 1. The third kappa shape index (κ3) is 4.90. The third-order valence-corrected chi connectivity index (χ3v) is 4.73. The summed E-state index contributed by atoms with van der Waals surface area (Å²) in [6.07, 6.45) is 0.663. The first kappa shape index (κ1) is 20.1. The zero-order valence-corrected chi connectivity index (χ0v) is 15.4. The van der Waals surface area contributed by atoms with Gasteiger partial charge in [-0.1, -0.05) is 0 Å². The number of thiazole rings is 1. The van der Waals surface area contributed by atoms with Crippen LogP contribution in [0.15, 0.2) is 29.6 Å². The number of nitrogens with zero attached hydrogens (tertiary/aromatic N) is 2. The van der Waals surface area contributed by atoms with Gasteiger partial charge >= 0.3 is 6.03 Å². The van der Waals surface area contributed by atoms with Crippen molar-refractivity contribution in [3.63, 3.8) is 0 Å². The Labute approximate surface area is 160 Å². The minimum absolute atomic E-state index is 0. The number of benzene rings is 1. The van der Waals surface area contributed by atoms with Crippen LogP contribution in [0.4, 0.5) is 14.9 Å². The average molecular weight is 400 g/mol. The van der Waals surface area contributed by atoms with E-state index < -0.39 is 0 Å². The highest BCUT2D eigenvalue weighted by atomic mass is 35.5. The van der Waals surface area contributed by atoms with E-state index in [1.54, 1.807) is 10.3 Å². The van der Waals surface area contributed by atoms with Gasteiger partial charge in [0.25, 0.3) is 5.91 Å². The molecule has 1 fully saturated rings. The fraction of sp³-hybridized carbons (Fsp3) is 0.312. The molecule has 1 aliphatic rings. The van der Waals surface area contributed by atoms with E-state index in [4.69, 9.17) is 5.73 Å². The van der Waals surface area contributed by atoms with Crippen molar-refractivity contribution in [3.05, 3.63) is 46.2 Å². The highest BCUT2D eigenvalue weighted by molar-refractivity contribution is 7.09. The predicted octanol–water partition coefficient (Wildman–Crippen LogP) is 2.20. The molecule has 1 saturated heterocycles. The van der Waals surface area contributed by atoms with Crippen molar-refractivity contribution in [3.8, 4) is 0 Å². The van der Waals surface area contributed by atoms with Gasteiger partial charge in [0, 0.05) is 36.7 Å². The summed E-state index contributed by atoms with van der Waals surface area (Å²) in [7, 11) is 0. The molecular formula is C16H19ClFN5O2S. The van der Waals surface area contributed by atoms with Crippen molar-refractivity contribution in [2.75, 3.05) is 18.4 Å². The number of carbonyl (C=O) groups is 2. The molecule has 0 aliphatic carbocycles. The minimum Gasteiger partial charge on any atom is -0.335 e. The SMILES string of the molecule is Cl.NCc1nc(C(=O)N2CCC(NC(=O)Nc3ccc(F)cc3)C2)cs1. The summed E-state index contributed by atoms with van der Waals surface area (Å²) in [5.41, 5.74) is 6.41. The second-order valence-corrected chi connectivity index (χ2v) is 6.62. The molecular weight excluding hydrogens is 381 g/mol. The lowest BCUT2D eigenvalue weighted by Gasteiger charge is -2.16. The van der Waals surface area contributed by atoms with Crippen LogP contribution < -0.4 is 16.4 Å². The summed E-state index contributed by atoms with van der Waals surface area (Å²) in [6, 6.07) is 4.99. The standard InChI is InChI=1S/C16H18FN5O2S.ClH/c17-10-1-3-11(4-2-10)19-16(24)20-12-5-6-22(8-12)15(23)13-9-25-14(7-18)21-13;/h1-4,9,12H,5-8,18H2,(H2,19,20,24);1H. The van der Waals surface area contributed by atoms with Crippen molar-refractivity contribution >= 4 is 41.4 Å². The van der Waals surface area contributed by atoms with Crippen LogP contribution in [0.2, 0.25) is 0 Å². The van der Waals surface area contributed by atoms with Crippen molar-refractivity contribution in [2.24, 2.45) is 5.73 Å². The minimum atomic E-state index is -0.384. The Hall–Kier alpha value is -2.23. The first-order valence-corrected chi connectivity index (χ1v) is 8.70. The molecule has 3 rings (SSSR count). The van der Waals surface area contributed by atoms with E-state index in [0.717, 1.165) is 5.01 Å². The van der Waals surface area contributed by atoms with E-state index in [0.29, 0.717) is 37.4 Å². The summed E-state index contributed by atoms with van der Waals surface area (Å²) in [4.78, 5) is 30.3. The van der Waals surface area contributed by atoms with E-state index >= 15 is 0 Å². The molecule has 10 heteroatoms. The molecule has 2 aromatic rings. The van der Waals surface area contributed by atoms with Crippen molar-refractivity contribution in [1.29, 1.82) is 0 Å². The first-order chi connectivity index (χ1) is 12.0. The summed E-state index contributed by atoms with van der Waals surface area (Å²) in [5.74, 6) is -0.519.